The summed E-state index contributed by atoms with van der Waals surface area (Å²) in [6, 6.07) is 14.5. The predicted octanol–water partition coefficient (Wildman–Crippen LogP) is 4.06. The summed E-state index contributed by atoms with van der Waals surface area (Å²) in [7, 11) is 0. The molecule has 0 amide bonds. The van der Waals surface area contributed by atoms with Crippen LogP contribution in [-0.4, -0.2) is 23.3 Å². The van der Waals surface area contributed by atoms with Gasteiger partial charge in [0.2, 0.25) is 5.60 Å². The Morgan fingerprint density at radius 2 is 1.96 bits per heavy atom. The molecule has 4 heteroatoms. The van der Waals surface area contributed by atoms with E-state index < -0.39 is 11.6 Å². The summed E-state index contributed by atoms with van der Waals surface area (Å²) >= 11 is 0. The fourth-order valence-corrected chi connectivity index (χ4v) is 2.64. The first-order valence-corrected chi connectivity index (χ1v) is 8.31. The molecule has 0 aromatic heterocycles. The van der Waals surface area contributed by atoms with Crippen LogP contribution in [0.4, 0.5) is 0 Å². The van der Waals surface area contributed by atoms with Gasteiger partial charge in [-0.05, 0) is 49.6 Å². The topological polar surface area (TPSA) is 55.8 Å². The Balaban J connectivity index is 2.31. The summed E-state index contributed by atoms with van der Waals surface area (Å²) in [6.45, 7) is 7.47. The molecule has 0 saturated heterocycles. The second-order valence-electron chi connectivity index (χ2n) is 6.00. The number of para-hydroxylation sites is 1. The van der Waals surface area contributed by atoms with Gasteiger partial charge < -0.3 is 14.6 Å². The lowest BCUT2D eigenvalue weighted by Crippen LogP contribution is -2.45. The lowest BCUT2D eigenvalue weighted by molar-refractivity contribution is -0.160. The van der Waals surface area contributed by atoms with Gasteiger partial charge >= 0.3 is 5.97 Å². The van der Waals surface area contributed by atoms with E-state index in [1.54, 1.807) is 44.2 Å². The molecule has 1 atom stereocenters. The van der Waals surface area contributed by atoms with Crippen molar-refractivity contribution in [1.29, 1.82) is 0 Å². The highest BCUT2D eigenvalue weighted by molar-refractivity contribution is 5.80. The Morgan fingerprint density at radius 1 is 1.24 bits per heavy atom. The third-order valence-corrected chi connectivity index (χ3v) is 3.84. The highest BCUT2D eigenvalue weighted by Crippen LogP contribution is 2.26. The number of benzene rings is 2. The molecule has 0 aliphatic heterocycles. The average Bonchev–Trinajstić information content (AvgIpc) is 2.59. The third-order valence-electron chi connectivity index (χ3n) is 3.84. The zero-order valence-electron chi connectivity index (χ0n) is 14.7. The van der Waals surface area contributed by atoms with Gasteiger partial charge in [-0.2, -0.15) is 0 Å². The maximum atomic E-state index is 12.5. The third kappa shape index (κ3) is 4.86. The van der Waals surface area contributed by atoms with Gasteiger partial charge in [-0.1, -0.05) is 36.4 Å². The zero-order chi connectivity index (χ0) is 18.3. The molecule has 25 heavy (non-hydrogen) atoms. The van der Waals surface area contributed by atoms with Gasteiger partial charge in [0.1, 0.15) is 11.5 Å². The monoisotopic (exact) mass is 340 g/mol. The predicted molar refractivity (Wildman–Crippen MR) is 97.8 cm³/mol. The molecule has 1 unspecified atom stereocenters. The van der Waals surface area contributed by atoms with Gasteiger partial charge in [-0.25, -0.2) is 4.79 Å². The number of esters is 1. The zero-order valence-corrected chi connectivity index (χ0v) is 14.7. The van der Waals surface area contributed by atoms with E-state index in [0.29, 0.717) is 18.6 Å². The van der Waals surface area contributed by atoms with E-state index in [0.717, 1.165) is 11.1 Å². The summed E-state index contributed by atoms with van der Waals surface area (Å²) in [6.07, 6.45) is 2.60. The van der Waals surface area contributed by atoms with Crippen LogP contribution in [0.1, 0.15) is 25.0 Å². The van der Waals surface area contributed by atoms with E-state index in [9.17, 15) is 9.90 Å². The molecule has 0 radical (unpaired) electrons. The van der Waals surface area contributed by atoms with Crippen molar-refractivity contribution >= 4 is 5.97 Å². The van der Waals surface area contributed by atoms with Crippen molar-refractivity contribution in [3.8, 4) is 11.5 Å². The molecule has 132 valence electrons. The summed E-state index contributed by atoms with van der Waals surface area (Å²) in [4.78, 5) is 12.5. The lowest BCUT2D eigenvalue weighted by atomic mass is 9.94. The molecule has 2 aromatic carbocycles. The largest absolute Gasteiger partial charge is 0.508 e. The minimum Gasteiger partial charge on any atom is -0.508 e. The molecular weight excluding hydrogens is 316 g/mol. The quantitative estimate of drug-likeness (QED) is 0.581. The molecule has 2 aromatic rings. The molecule has 0 bridgehead atoms. The summed E-state index contributed by atoms with van der Waals surface area (Å²) in [5, 5.41) is 9.92. The highest BCUT2D eigenvalue weighted by atomic mass is 16.6. The van der Waals surface area contributed by atoms with Crippen LogP contribution in [0, 0.1) is 0 Å². The van der Waals surface area contributed by atoms with Crippen molar-refractivity contribution in [2.75, 3.05) is 6.61 Å². The molecule has 0 aliphatic rings. The van der Waals surface area contributed by atoms with E-state index in [1.165, 1.54) is 0 Å². The van der Waals surface area contributed by atoms with Crippen molar-refractivity contribution in [2.45, 2.75) is 32.3 Å². The molecule has 4 nitrogen and oxygen atoms in total. The lowest BCUT2D eigenvalue weighted by Gasteiger charge is -2.28. The van der Waals surface area contributed by atoms with Crippen LogP contribution in [0.5, 0.6) is 11.5 Å². The molecule has 0 aliphatic carbocycles. The van der Waals surface area contributed by atoms with E-state index in [2.05, 4.69) is 6.58 Å². The number of hydrogen-bond donors (Lipinski definition) is 1. The Labute approximate surface area is 148 Å². The first-order chi connectivity index (χ1) is 12.0. The minimum atomic E-state index is -1.17. The van der Waals surface area contributed by atoms with E-state index in [-0.39, 0.29) is 12.4 Å². The number of allylic oxidation sites excluding steroid dienone is 1. The van der Waals surface area contributed by atoms with Crippen LogP contribution < -0.4 is 4.74 Å². The first-order valence-electron chi connectivity index (χ1n) is 8.31. The van der Waals surface area contributed by atoms with E-state index in [1.807, 2.05) is 24.3 Å². The van der Waals surface area contributed by atoms with Crippen LogP contribution in [0.15, 0.2) is 61.2 Å². The van der Waals surface area contributed by atoms with Crippen LogP contribution in [0.2, 0.25) is 0 Å². The number of hydrogen-bond acceptors (Lipinski definition) is 4. The molecule has 0 spiro atoms. The number of phenolic OH excluding ortho intramolecular Hbond substituents is 1. The maximum absolute atomic E-state index is 12.5. The molecule has 1 N–H and O–H groups in total. The van der Waals surface area contributed by atoms with Crippen LogP contribution in [0.25, 0.3) is 0 Å². The number of carbonyl (C=O) groups excluding carboxylic acids is 1. The number of rotatable bonds is 8. The summed E-state index contributed by atoms with van der Waals surface area (Å²) < 4.78 is 11.2. The molecular formula is C21H24O4. The molecule has 0 fully saturated rings. The van der Waals surface area contributed by atoms with Gasteiger partial charge in [0.05, 0.1) is 6.61 Å². The fraction of sp³-hybridized carbons (Fsp3) is 0.286. The van der Waals surface area contributed by atoms with Crippen molar-refractivity contribution in [3.63, 3.8) is 0 Å². The van der Waals surface area contributed by atoms with Gasteiger partial charge in [-0.3, -0.25) is 0 Å². The number of ether oxygens (including phenoxy) is 2. The Hall–Kier alpha value is -2.75. The van der Waals surface area contributed by atoms with Crippen molar-refractivity contribution < 1.29 is 19.4 Å². The van der Waals surface area contributed by atoms with E-state index in [4.69, 9.17) is 9.47 Å². The number of aromatic hydroxyl groups is 1. The maximum Gasteiger partial charge on any atom is 0.350 e. The van der Waals surface area contributed by atoms with Crippen molar-refractivity contribution in [1.82, 2.24) is 0 Å². The first kappa shape index (κ1) is 18.6. The molecule has 0 saturated carbocycles. The second kappa shape index (κ2) is 8.38. The Kier molecular flexibility index (Phi) is 6.23. The highest BCUT2D eigenvalue weighted by Gasteiger charge is 2.37. The van der Waals surface area contributed by atoms with Gasteiger partial charge in [-0.15, -0.1) is 6.58 Å². The van der Waals surface area contributed by atoms with Gasteiger partial charge in [0, 0.05) is 6.42 Å². The normalized spacial score (nSPS) is 12.9. The van der Waals surface area contributed by atoms with Crippen LogP contribution >= 0.6 is 0 Å². The van der Waals surface area contributed by atoms with Crippen molar-refractivity contribution in [3.05, 3.63) is 72.3 Å². The second-order valence-corrected chi connectivity index (χ2v) is 6.00. The summed E-state index contributed by atoms with van der Waals surface area (Å²) in [5.74, 6) is 0.394. The number of carbonyl (C=O) groups is 1. The minimum absolute atomic E-state index is 0.213. The van der Waals surface area contributed by atoms with Crippen molar-refractivity contribution in [2.24, 2.45) is 0 Å². The standard InChI is InChI=1S/C21H24O4/c1-4-9-17-14-16(12-13-19(17)22)15-21(3,20(23)24-5-2)25-18-10-7-6-8-11-18/h4,6-8,10-14,22H,1,5,9,15H2,2-3H3. The van der Waals surface area contributed by atoms with Crippen LogP contribution in [0.3, 0.4) is 0 Å². The molecule has 2 rings (SSSR count). The van der Waals surface area contributed by atoms with E-state index >= 15 is 0 Å². The smallest absolute Gasteiger partial charge is 0.350 e. The Morgan fingerprint density at radius 3 is 2.60 bits per heavy atom. The van der Waals surface area contributed by atoms with Crippen LogP contribution in [-0.2, 0) is 22.4 Å². The Bertz CT molecular complexity index is 724. The van der Waals surface area contributed by atoms with Gasteiger partial charge in [0.25, 0.3) is 0 Å². The fourth-order valence-electron chi connectivity index (χ4n) is 2.64. The number of phenols is 1. The average molecular weight is 340 g/mol. The summed E-state index contributed by atoms with van der Waals surface area (Å²) in [5.41, 5.74) is 0.472. The SMILES string of the molecule is C=CCc1cc(CC(C)(Oc2ccccc2)C(=O)OCC)ccc1O. The van der Waals surface area contributed by atoms with Gasteiger partial charge in [0.15, 0.2) is 0 Å². The molecule has 0 heterocycles.